The van der Waals surface area contributed by atoms with Crippen LogP contribution in [0.3, 0.4) is 0 Å². The van der Waals surface area contributed by atoms with Gasteiger partial charge in [-0.05, 0) is 46.3 Å². The summed E-state index contributed by atoms with van der Waals surface area (Å²) < 4.78 is 6.40. The third kappa shape index (κ3) is 3.37. The van der Waals surface area contributed by atoms with Gasteiger partial charge in [0.15, 0.2) is 5.75 Å². The second kappa shape index (κ2) is 6.22. The molecule has 0 aliphatic rings. The number of nitriles is 1. The van der Waals surface area contributed by atoms with E-state index in [1.165, 1.54) is 6.92 Å². The molecule has 2 aromatic carbocycles. The molecule has 0 bridgehead atoms. The number of amides is 1. The molecule has 0 heterocycles. The number of carbonyl (C=O) groups is 1. The number of anilines is 1. The van der Waals surface area contributed by atoms with E-state index >= 15 is 0 Å². The molecular formula is C15H11BrN2O2. The Balaban J connectivity index is 2.28. The molecule has 0 atom stereocenters. The molecule has 0 radical (unpaired) electrons. The van der Waals surface area contributed by atoms with Crippen LogP contribution in [0.15, 0.2) is 46.9 Å². The number of carbonyl (C=O) groups excluding carboxylic acids is 1. The van der Waals surface area contributed by atoms with Gasteiger partial charge in [-0.15, -0.1) is 0 Å². The third-order valence-corrected chi connectivity index (χ3v) is 3.14. The van der Waals surface area contributed by atoms with Crippen LogP contribution in [0.5, 0.6) is 11.5 Å². The van der Waals surface area contributed by atoms with Gasteiger partial charge in [-0.25, -0.2) is 0 Å². The number of nitrogens with zero attached hydrogens (tertiary/aromatic N) is 1. The number of hydrogen-bond acceptors (Lipinski definition) is 3. The summed E-state index contributed by atoms with van der Waals surface area (Å²) in [6.07, 6.45) is 0. The number of benzene rings is 2. The second-order valence-electron chi connectivity index (χ2n) is 4.03. The maximum absolute atomic E-state index is 11.1. The van der Waals surface area contributed by atoms with Crippen LogP contribution in [0.2, 0.25) is 0 Å². The monoisotopic (exact) mass is 330 g/mol. The Labute approximate surface area is 125 Å². The van der Waals surface area contributed by atoms with Gasteiger partial charge in [-0.2, -0.15) is 5.26 Å². The average Bonchev–Trinajstić information content (AvgIpc) is 2.41. The predicted molar refractivity (Wildman–Crippen MR) is 79.7 cm³/mol. The topological polar surface area (TPSA) is 62.1 Å². The van der Waals surface area contributed by atoms with Gasteiger partial charge in [0.1, 0.15) is 11.8 Å². The lowest BCUT2D eigenvalue weighted by atomic mass is 10.2. The van der Waals surface area contributed by atoms with Crippen LogP contribution in [-0.4, -0.2) is 5.91 Å². The van der Waals surface area contributed by atoms with E-state index < -0.39 is 0 Å². The molecule has 0 aliphatic carbocycles. The van der Waals surface area contributed by atoms with E-state index in [2.05, 4.69) is 27.3 Å². The van der Waals surface area contributed by atoms with E-state index in [1.807, 2.05) is 12.1 Å². The van der Waals surface area contributed by atoms with Crippen molar-refractivity contribution < 1.29 is 9.53 Å². The second-order valence-corrected chi connectivity index (χ2v) is 4.89. The van der Waals surface area contributed by atoms with Crippen LogP contribution in [0.4, 0.5) is 5.69 Å². The van der Waals surface area contributed by atoms with Crippen LogP contribution < -0.4 is 10.1 Å². The van der Waals surface area contributed by atoms with Gasteiger partial charge in [-0.1, -0.05) is 12.1 Å². The van der Waals surface area contributed by atoms with E-state index in [0.717, 1.165) is 0 Å². The lowest BCUT2D eigenvalue weighted by molar-refractivity contribution is -0.114. The fraction of sp³-hybridized carbons (Fsp3) is 0.0667. The molecule has 0 saturated carbocycles. The minimum atomic E-state index is -0.165. The smallest absolute Gasteiger partial charge is 0.221 e. The lowest BCUT2D eigenvalue weighted by Gasteiger charge is -2.11. The number of ether oxygens (including phenoxy) is 1. The van der Waals surface area contributed by atoms with Crippen molar-refractivity contribution in [3.05, 3.63) is 52.5 Å². The van der Waals surface area contributed by atoms with Crippen molar-refractivity contribution in [2.75, 3.05) is 5.32 Å². The van der Waals surface area contributed by atoms with Gasteiger partial charge in [-0.3, -0.25) is 4.79 Å². The highest BCUT2D eigenvalue weighted by Crippen LogP contribution is 2.31. The van der Waals surface area contributed by atoms with Crippen molar-refractivity contribution in [3.63, 3.8) is 0 Å². The summed E-state index contributed by atoms with van der Waals surface area (Å²) in [5.41, 5.74) is 1.13. The molecule has 0 unspecified atom stereocenters. The minimum Gasteiger partial charge on any atom is -0.455 e. The summed E-state index contributed by atoms with van der Waals surface area (Å²) in [4.78, 5) is 11.1. The van der Waals surface area contributed by atoms with Crippen LogP contribution in [0.1, 0.15) is 12.5 Å². The zero-order valence-corrected chi connectivity index (χ0v) is 12.3. The summed E-state index contributed by atoms with van der Waals surface area (Å²) in [6, 6.07) is 14.3. The van der Waals surface area contributed by atoms with Gasteiger partial charge >= 0.3 is 0 Å². The van der Waals surface area contributed by atoms with Crippen molar-refractivity contribution in [3.8, 4) is 17.6 Å². The Kier molecular flexibility index (Phi) is 4.38. The fourth-order valence-electron chi connectivity index (χ4n) is 1.63. The molecule has 2 rings (SSSR count). The SMILES string of the molecule is CC(=O)Nc1ccccc1Oc1ccc(C#N)c(Br)c1. The molecular weight excluding hydrogens is 320 g/mol. The highest BCUT2D eigenvalue weighted by atomic mass is 79.9. The highest BCUT2D eigenvalue weighted by Gasteiger charge is 2.07. The zero-order valence-electron chi connectivity index (χ0n) is 10.7. The molecule has 0 aromatic heterocycles. The molecule has 0 saturated heterocycles. The van der Waals surface area contributed by atoms with E-state index in [4.69, 9.17) is 10.00 Å². The van der Waals surface area contributed by atoms with Crippen molar-refractivity contribution in [2.24, 2.45) is 0 Å². The van der Waals surface area contributed by atoms with Gasteiger partial charge in [0.05, 0.1) is 11.3 Å². The Hall–Kier alpha value is -2.32. The molecule has 0 aliphatic heterocycles. The van der Waals surface area contributed by atoms with E-state index in [0.29, 0.717) is 27.2 Å². The van der Waals surface area contributed by atoms with Crippen molar-refractivity contribution in [1.29, 1.82) is 5.26 Å². The molecule has 5 heteroatoms. The summed E-state index contributed by atoms with van der Waals surface area (Å²) in [6.45, 7) is 1.44. The van der Waals surface area contributed by atoms with Crippen molar-refractivity contribution in [2.45, 2.75) is 6.92 Å². The van der Waals surface area contributed by atoms with E-state index in [-0.39, 0.29) is 5.91 Å². The number of rotatable bonds is 3. The predicted octanol–water partition coefficient (Wildman–Crippen LogP) is 4.07. The Morgan fingerprint density at radius 1 is 1.30 bits per heavy atom. The standard InChI is InChI=1S/C15H11BrN2O2/c1-10(19)18-14-4-2-3-5-15(14)20-12-7-6-11(9-17)13(16)8-12/h2-8H,1H3,(H,18,19). The molecule has 0 spiro atoms. The van der Waals surface area contributed by atoms with Gasteiger partial charge in [0.2, 0.25) is 5.91 Å². The summed E-state index contributed by atoms with van der Waals surface area (Å²) >= 11 is 3.31. The van der Waals surface area contributed by atoms with Crippen LogP contribution in [0, 0.1) is 11.3 Å². The Morgan fingerprint density at radius 3 is 2.70 bits per heavy atom. The molecule has 0 fully saturated rings. The number of nitrogens with one attached hydrogen (secondary N) is 1. The van der Waals surface area contributed by atoms with Crippen LogP contribution in [0.25, 0.3) is 0 Å². The van der Waals surface area contributed by atoms with Crippen molar-refractivity contribution >= 4 is 27.5 Å². The lowest BCUT2D eigenvalue weighted by Crippen LogP contribution is -2.06. The maximum Gasteiger partial charge on any atom is 0.221 e. The Morgan fingerprint density at radius 2 is 2.05 bits per heavy atom. The van der Waals surface area contributed by atoms with Crippen LogP contribution >= 0.6 is 15.9 Å². The first-order chi connectivity index (χ1) is 9.60. The summed E-state index contributed by atoms with van der Waals surface area (Å²) in [5.74, 6) is 0.954. The summed E-state index contributed by atoms with van der Waals surface area (Å²) in [7, 11) is 0. The molecule has 100 valence electrons. The average molecular weight is 331 g/mol. The first-order valence-corrected chi connectivity index (χ1v) is 6.63. The van der Waals surface area contributed by atoms with Gasteiger partial charge in [0, 0.05) is 11.4 Å². The molecule has 20 heavy (non-hydrogen) atoms. The highest BCUT2D eigenvalue weighted by molar-refractivity contribution is 9.10. The van der Waals surface area contributed by atoms with Gasteiger partial charge in [0.25, 0.3) is 0 Å². The van der Waals surface area contributed by atoms with E-state index in [1.54, 1.807) is 30.3 Å². The first-order valence-electron chi connectivity index (χ1n) is 5.84. The summed E-state index contributed by atoms with van der Waals surface area (Å²) in [5, 5.41) is 11.6. The van der Waals surface area contributed by atoms with Crippen molar-refractivity contribution in [1.82, 2.24) is 0 Å². The molecule has 1 N–H and O–H groups in total. The number of para-hydroxylation sites is 2. The zero-order chi connectivity index (χ0) is 14.5. The molecule has 1 amide bonds. The fourth-order valence-corrected chi connectivity index (χ4v) is 2.07. The van der Waals surface area contributed by atoms with Gasteiger partial charge < -0.3 is 10.1 Å². The van der Waals surface area contributed by atoms with E-state index in [9.17, 15) is 4.79 Å². The largest absolute Gasteiger partial charge is 0.455 e. The first kappa shape index (κ1) is 14.1. The number of hydrogen-bond donors (Lipinski definition) is 1. The number of halogens is 1. The third-order valence-electron chi connectivity index (χ3n) is 2.49. The molecule has 4 nitrogen and oxygen atoms in total. The maximum atomic E-state index is 11.1. The Bertz CT molecular complexity index is 693. The van der Waals surface area contributed by atoms with Crippen LogP contribution in [-0.2, 0) is 4.79 Å². The minimum absolute atomic E-state index is 0.165. The normalized spacial score (nSPS) is 9.65. The molecule has 2 aromatic rings. The quantitative estimate of drug-likeness (QED) is 0.922.